The molecule has 12 rings (SSSR count). The fourth-order valence-corrected chi connectivity index (χ4v) is 10.9. The number of rotatable bonds is 10. The minimum atomic E-state index is -0.0233. The van der Waals surface area contributed by atoms with Crippen molar-refractivity contribution in [2.45, 2.75) is 40.0 Å². The van der Waals surface area contributed by atoms with Crippen LogP contribution in [-0.4, -0.2) is 0 Å². The lowest BCUT2D eigenvalue weighted by Crippen LogP contribution is -2.16. The normalized spacial score (nSPS) is 11.7. The molecule has 346 valence electrons. The van der Waals surface area contributed by atoms with Gasteiger partial charge in [-0.3, -0.25) is 0 Å². The van der Waals surface area contributed by atoms with Crippen LogP contribution >= 0.6 is 0 Å². The van der Waals surface area contributed by atoms with Gasteiger partial charge in [-0.05, 0) is 151 Å². The maximum absolute atomic E-state index is 2.54. The summed E-state index contributed by atoms with van der Waals surface area (Å²) in [6, 6.07) is 91.8. The van der Waals surface area contributed by atoms with Gasteiger partial charge >= 0.3 is 0 Å². The molecule has 2 heteroatoms. The highest BCUT2D eigenvalue weighted by Gasteiger charge is 2.28. The predicted octanol–water partition coefficient (Wildman–Crippen LogP) is 20.1. The van der Waals surface area contributed by atoms with Crippen LogP contribution in [0.4, 0.5) is 34.1 Å². The Balaban J connectivity index is 1.24. The molecule has 12 aromatic rings. The number of nitrogens with zero attached hydrogens (tertiary/aromatic N) is 2. The first-order valence-electron chi connectivity index (χ1n) is 25.2. The quantitative estimate of drug-likeness (QED) is 0.126. The van der Waals surface area contributed by atoms with E-state index in [2.05, 4.69) is 293 Å². The zero-order valence-corrected chi connectivity index (χ0v) is 41.6. The Morgan fingerprint density at radius 1 is 0.292 bits per heavy atom. The molecule has 0 aromatic heterocycles. The average molecular weight is 925 g/mol. The third-order valence-electron chi connectivity index (χ3n) is 14.7. The van der Waals surface area contributed by atoms with Gasteiger partial charge in [0.1, 0.15) is 0 Å². The highest BCUT2D eigenvalue weighted by Crippen LogP contribution is 2.53. The lowest BCUT2D eigenvalue weighted by Gasteiger charge is -2.34. The summed E-state index contributed by atoms with van der Waals surface area (Å²) in [6.07, 6.45) is 0. The van der Waals surface area contributed by atoms with E-state index in [4.69, 9.17) is 0 Å². The van der Waals surface area contributed by atoms with Crippen molar-refractivity contribution in [1.29, 1.82) is 0 Å². The molecule has 0 unspecified atom stereocenters. The summed E-state index contributed by atoms with van der Waals surface area (Å²) in [5, 5.41) is 7.41. The lowest BCUT2D eigenvalue weighted by atomic mass is 9.83. The molecule has 0 saturated carbocycles. The van der Waals surface area contributed by atoms with Crippen molar-refractivity contribution in [2.75, 3.05) is 9.80 Å². The Hall–Kier alpha value is -8.72. The van der Waals surface area contributed by atoms with E-state index in [1.165, 1.54) is 82.4 Å². The predicted molar refractivity (Wildman–Crippen MR) is 309 cm³/mol. The fraction of sp³-hybridized carbons (Fsp3) is 0.0857. The van der Waals surface area contributed by atoms with Gasteiger partial charge in [0.25, 0.3) is 0 Å². The van der Waals surface area contributed by atoms with Crippen LogP contribution in [0.15, 0.2) is 249 Å². The zero-order valence-electron chi connectivity index (χ0n) is 41.6. The Kier molecular flexibility index (Phi) is 11.3. The van der Waals surface area contributed by atoms with Crippen molar-refractivity contribution >= 4 is 66.4 Å². The van der Waals surface area contributed by atoms with E-state index in [1.807, 2.05) is 0 Å². The molecule has 0 fully saturated rings. The minimum Gasteiger partial charge on any atom is -0.309 e. The van der Waals surface area contributed by atoms with Crippen LogP contribution in [0.2, 0.25) is 0 Å². The van der Waals surface area contributed by atoms with Gasteiger partial charge in [-0.25, -0.2) is 0 Å². The molecule has 0 amide bonds. The first-order chi connectivity index (χ1) is 35.2. The van der Waals surface area contributed by atoms with E-state index in [-0.39, 0.29) is 5.41 Å². The van der Waals surface area contributed by atoms with E-state index < -0.39 is 0 Å². The topological polar surface area (TPSA) is 6.48 Å². The second kappa shape index (κ2) is 18.2. The summed E-state index contributed by atoms with van der Waals surface area (Å²) in [7, 11) is 0. The number of benzene rings is 12. The molecule has 0 saturated heterocycles. The number of para-hydroxylation sites is 2. The lowest BCUT2D eigenvalue weighted by molar-refractivity contribution is 0.591. The highest BCUT2D eigenvalue weighted by molar-refractivity contribution is 6.29. The van der Waals surface area contributed by atoms with Crippen molar-refractivity contribution in [1.82, 2.24) is 0 Å². The molecule has 72 heavy (non-hydrogen) atoms. The van der Waals surface area contributed by atoms with E-state index in [0.717, 1.165) is 45.3 Å². The molecule has 0 heterocycles. The third kappa shape index (κ3) is 7.96. The van der Waals surface area contributed by atoms with Gasteiger partial charge in [0.15, 0.2) is 0 Å². The van der Waals surface area contributed by atoms with E-state index in [9.17, 15) is 0 Å². The highest BCUT2D eigenvalue weighted by atomic mass is 15.2. The van der Waals surface area contributed by atoms with Crippen LogP contribution in [0, 0.1) is 13.8 Å². The Morgan fingerprint density at radius 3 is 1.00 bits per heavy atom. The molecule has 0 aliphatic heterocycles. The summed E-state index contributed by atoms with van der Waals surface area (Å²) in [4.78, 5) is 5.08. The standard InChI is InChI=1S/C70H56N2/c1-47-62(51-28-16-8-17-29-51)42-55(49-24-12-6-13-25-49)44-64(47)71(58-32-20-10-21-33-58)66-46-67(61-39-37-54-41-57(70(3,4)5)40-53-36-38-60(66)69(61)68(53)54)72(59-34-22-11-23-35-59)65-45-56(50-26-14-7-15-27-50)43-63(48(65)2)52-30-18-9-19-31-52/h6-46H,1-5H3. The summed E-state index contributed by atoms with van der Waals surface area (Å²) >= 11 is 0. The second-order valence-corrected chi connectivity index (χ2v) is 20.2. The molecule has 0 spiro atoms. The SMILES string of the molecule is Cc1c(-c2ccccc2)cc(-c2ccccc2)cc1N(c1ccccc1)c1cc(N(c2ccccc2)c2cc(-c3ccccc3)cc(-c3ccccc3)c2C)c2ccc3cc(C(C)(C)C)cc4ccc1c2c43. The maximum Gasteiger partial charge on any atom is 0.0561 e. The molecule has 0 atom stereocenters. The molecule has 12 aromatic carbocycles. The van der Waals surface area contributed by atoms with Gasteiger partial charge in [-0.2, -0.15) is 0 Å². The van der Waals surface area contributed by atoms with Crippen LogP contribution in [0.1, 0.15) is 37.5 Å². The first kappa shape index (κ1) is 44.5. The third-order valence-corrected chi connectivity index (χ3v) is 14.7. The van der Waals surface area contributed by atoms with Gasteiger partial charge in [0, 0.05) is 27.5 Å². The second-order valence-electron chi connectivity index (χ2n) is 20.2. The molecule has 2 nitrogen and oxygen atoms in total. The molecule has 0 N–H and O–H groups in total. The summed E-state index contributed by atoms with van der Waals surface area (Å²) in [6.45, 7) is 11.5. The van der Waals surface area contributed by atoms with Gasteiger partial charge < -0.3 is 9.80 Å². The van der Waals surface area contributed by atoms with Gasteiger partial charge in [-0.1, -0.05) is 215 Å². The van der Waals surface area contributed by atoms with Crippen LogP contribution in [0.25, 0.3) is 76.8 Å². The smallest absolute Gasteiger partial charge is 0.0561 e. The molecule has 0 aliphatic rings. The molecular formula is C70H56N2. The molecule has 0 aliphatic carbocycles. The average Bonchev–Trinajstić information content (AvgIpc) is 3.43. The van der Waals surface area contributed by atoms with Crippen LogP contribution in [0.3, 0.4) is 0 Å². The van der Waals surface area contributed by atoms with Crippen molar-refractivity contribution in [3.8, 4) is 44.5 Å². The minimum absolute atomic E-state index is 0.0233. The van der Waals surface area contributed by atoms with E-state index in [1.54, 1.807) is 0 Å². The van der Waals surface area contributed by atoms with Crippen molar-refractivity contribution in [3.05, 3.63) is 265 Å². The Bertz CT molecular complexity index is 3640. The summed E-state index contributed by atoms with van der Waals surface area (Å²) < 4.78 is 0. The number of anilines is 6. The summed E-state index contributed by atoms with van der Waals surface area (Å²) in [5.41, 5.74) is 19.8. The van der Waals surface area contributed by atoms with Gasteiger partial charge in [0.05, 0.1) is 22.7 Å². The molecule has 0 radical (unpaired) electrons. The maximum atomic E-state index is 2.54. The Labute approximate surface area is 424 Å². The van der Waals surface area contributed by atoms with Gasteiger partial charge in [-0.15, -0.1) is 0 Å². The number of hydrogen-bond acceptors (Lipinski definition) is 2. The van der Waals surface area contributed by atoms with Crippen molar-refractivity contribution in [3.63, 3.8) is 0 Å². The van der Waals surface area contributed by atoms with E-state index in [0.29, 0.717) is 0 Å². The monoisotopic (exact) mass is 924 g/mol. The van der Waals surface area contributed by atoms with Crippen molar-refractivity contribution < 1.29 is 0 Å². The number of hydrogen-bond donors (Lipinski definition) is 0. The fourth-order valence-electron chi connectivity index (χ4n) is 10.9. The van der Waals surface area contributed by atoms with E-state index >= 15 is 0 Å². The van der Waals surface area contributed by atoms with Gasteiger partial charge in [0.2, 0.25) is 0 Å². The zero-order chi connectivity index (χ0) is 48.9. The van der Waals surface area contributed by atoms with Crippen molar-refractivity contribution in [2.24, 2.45) is 0 Å². The van der Waals surface area contributed by atoms with Crippen LogP contribution < -0.4 is 9.80 Å². The molecular weight excluding hydrogens is 869 g/mol. The Morgan fingerprint density at radius 2 is 0.639 bits per heavy atom. The molecule has 0 bridgehead atoms. The first-order valence-corrected chi connectivity index (χ1v) is 25.2. The van der Waals surface area contributed by atoms with Crippen LogP contribution in [0.5, 0.6) is 0 Å². The largest absolute Gasteiger partial charge is 0.309 e. The van der Waals surface area contributed by atoms with Crippen LogP contribution in [-0.2, 0) is 5.41 Å². The summed E-state index contributed by atoms with van der Waals surface area (Å²) in [5.74, 6) is 0.